The van der Waals surface area contributed by atoms with E-state index in [1.54, 1.807) is 6.92 Å². The second-order valence-electron chi connectivity index (χ2n) is 5.53. The molecule has 3 nitrogen and oxygen atoms in total. The number of aliphatic hydroxyl groups is 2. The Balaban J connectivity index is 1.94. The Morgan fingerprint density at radius 1 is 1.20 bits per heavy atom. The fraction of sp³-hybridized carbons (Fsp3) is 0.600. The van der Waals surface area contributed by atoms with Crippen molar-refractivity contribution in [1.82, 2.24) is 4.90 Å². The zero-order chi connectivity index (χ0) is 14.7. The third-order valence-electron chi connectivity index (χ3n) is 4.08. The fourth-order valence-corrected chi connectivity index (χ4v) is 2.78. The van der Waals surface area contributed by atoms with E-state index >= 15 is 0 Å². The monoisotopic (exact) mass is 285 g/mol. The van der Waals surface area contributed by atoms with E-state index in [2.05, 4.69) is 0 Å². The van der Waals surface area contributed by atoms with Crippen molar-refractivity contribution in [3.05, 3.63) is 35.4 Å². The van der Waals surface area contributed by atoms with E-state index in [9.17, 15) is 19.0 Å². The van der Waals surface area contributed by atoms with Crippen molar-refractivity contribution < 1.29 is 19.0 Å². The van der Waals surface area contributed by atoms with Gasteiger partial charge in [-0.2, -0.15) is 0 Å². The third-order valence-corrected chi connectivity index (χ3v) is 4.08. The van der Waals surface area contributed by atoms with Gasteiger partial charge in [0.05, 0.1) is 17.8 Å². The van der Waals surface area contributed by atoms with E-state index in [1.807, 2.05) is 4.90 Å². The Labute approximate surface area is 117 Å². The van der Waals surface area contributed by atoms with E-state index in [-0.39, 0.29) is 24.1 Å². The molecule has 0 radical (unpaired) electrons. The molecule has 0 saturated carbocycles. The molecule has 1 fully saturated rings. The number of benzene rings is 1. The minimum atomic E-state index is -1.17. The van der Waals surface area contributed by atoms with Crippen LogP contribution in [0.5, 0.6) is 0 Å². The number of halogens is 2. The van der Waals surface area contributed by atoms with Gasteiger partial charge in [-0.3, -0.25) is 0 Å². The lowest BCUT2D eigenvalue weighted by Gasteiger charge is -2.34. The highest BCUT2D eigenvalue weighted by Crippen LogP contribution is 2.25. The van der Waals surface area contributed by atoms with Crippen LogP contribution in [-0.2, 0) is 0 Å². The zero-order valence-corrected chi connectivity index (χ0v) is 11.6. The van der Waals surface area contributed by atoms with Gasteiger partial charge in [-0.05, 0) is 50.9 Å². The van der Waals surface area contributed by atoms with Crippen LogP contribution in [-0.4, -0.2) is 40.9 Å². The predicted molar refractivity (Wildman–Crippen MR) is 72.2 cm³/mol. The first-order valence-corrected chi connectivity index (χ1v) is 7.01. The Morgan fingerprint density at radius 3 is 2.25 bits per heavy atom. The van der Waals surface area contributed by atoms with Gasteiger partial charge in [-0.25, -0.2) is 8.78 Å². The number of hydrogen-bond donors (Lipinski definition) is 2. The summed E-state index contributed by atoms with van der Waals surface area (Å²) in [5, 5.41) is 19.6. The van der Waals surface area contributed by atoms with E-state index in [1.165, 1.54) is 6.07 Å². The van der Waals surface area contributed by atoms with Crippen molar-refractivity contribution in [3.63, 3.8) is 0 Å². The number of β-amino-alcohol motifs (C(OH)–C–C–N with tert-alkyl or cyclic N) is 1. The van der Waals surface area contributed by atoms with Crippen LogP contribution in [0.4, 0.5) is 8.78 Å². The Hall–Kier alpha value is -1.04. The van der Waals surface area contributed by atoms with Crippen LogP contribution in [0.1, 0.15) is 31.4 Å². The number of piperidine rings is 1. The zero-order valence-electron chi connectivity index (χ0n) is 11.6. The number of aliphatic hydroxyl groups excluding tert-OH is 2. The van der Waals surface area contributed by atoms with Crippen LogP contribution >= 0.6 is 0 Å². The smallest absolute Gasteiger partial charge is 0.131 e. The predicted octanol–water partition coefficient (Wildman–Crippen LogP) is 2.09. The van der Waals surface area contributed by atoms with Gasteiger partial charge in [-0.15, -0.1) is 0 Å². The van der Waals surface area contributed by atoms with Crippen LogP contribution in [0.15, 0.2) is 18.2 Å². The maximum absolute atomic E-state index is 13.6. The van der Waals surface area contributed by atoms with E-state index in [0.29, 0.717) is 0 Å². The summed E-state index contributed by atoms with van der Waals surface area (Å²) in [5.41, 5.74) is -0.259. The Kier molecular flexibility index (Phi) is 5.07. The normalized spacial score (nSPS) is 20.9. The molecule has 5 heteroatoms. The van der Waals surface area contributed by atoms with Crippen molar-refractivity contribution >= 4 is 0 Å². The molecule has 0 amide bonds. The molecular formula is C15H21F2NO2. The molecule has 2 rings (SSSR count). The number of rotatable bonds is 4. The Morgan fingerprint density at radius 2 is 1.75 bits per heavy atom. The lowest BCUT2D eigenvalue weighted by Crippen LogP contribution is -2.39. The minimum Gasteiger partial charge on any atom is -0.393 e. The molecular weight excluding hydrogens is 264 g/mol. The van der Waals surface area contributed by atoms with E-state index in [0.717, 1.165) is 38.1 Å². The van der Waals surface area contributed by atoms with Crippen LogP contribution in [0.25, 0.3) is 0 Å². The molecule has 1 aliphatic rings. The number of likely N-dealkylation sites (tertiary alicyclic amines) is 1. The summed E-state index contributed by atoms with van der Waals surface area (Å²) in [6.07, 6.45) is 0.180. The number of nitrogens with zero attached hydrogens (tertiary/aromatic N) is 1. The fourth-order valence-electron chi connectivity index (χ4n) is 2.78. The Bertz CT molecular complexity index is 425. The van der Waals surface area contributed by atoms with E-state index in [4.69, 9.17) is 0 Å². The van der Waals surface area contributed by atoms with Gasteiger partial charge < -0.3 is 15.1 Å². The van der Waals surface area contributed by atoms with Crippen molar-refractivity contribution in [2.75, 3.05) is 19.6 Å². The summed E-state index contributed by atoms with van der Waals surface area (Å²) >= 11 is 0. The molecule has 112 valence electrons. The highest BCUT2D eigenvalue weighted by molar-refractivity contribution is 5.22. The van der Waals surface area contributed by atoms with Crippen LogP contribution in [0, 0.1) is 17.6 Å². The molecule has 2 unspecified atom stereocenters. The lowest BCUT2D eigenvalue weighted by molar-refractivity contribution is 0.0468. The SMILES string of the molecule is CC(O)C1CCN(CC(O)c2c(F)cccc2F)CC1. The maximum atomic E-state index is 13.6. The molecule has 0 aliphatic carbocycles. The summed E-state index contributed by atoms with van der Waals surface area (Å²) in [7, 11) is 0. The highest BCUT2D eigenvalue weighted by Gasteiger charge is 2.26. The van der Waals surface area contributed by atoms with Crippen molar-refractivity contribution in [2.45, 2.75) is 32.0 Å². The summed E-state index contributed by atoms with van der Waals surface area (Å²) < 4.78 is 27.1. The molecule has 1 aliphatic heterocycles. The molecule has 0 spiro atoms. The molecule has 1 heterocycles. The summed E-state index contributed by atoms with van der Waals surface area (Å²) in [4.78, 5) is 1.98. The van der Waals surface area contributed by atoms with Crippen LogP contribution in [0.3, 0.4) is 0 Å². The van der Waals surface area contributed by atoms with Crippen LogP contribution < -0.4 is 0 Å². The summed E-state index contributed by atoms with van der Waals surface area (Å²) in [5.74, 6) is -1.15. The second kappa shape index (κ2) is 6.61. The molecule has 0 aromatic heterocycles. The molecule has 0 bridgehead atoms. The average Bonchev–Trinajstić information content (AvgIpc) is 2.39. The molecule has 2 N–H and O–H groups in total. The number of hydrogen-bond acceptors (Lipinski definition) is 3. The third kappa shape index (κ3) is 3.53. The van der Waals surface area contributed by atoms with Gasteiger partial charge in [-0.1, -0.05) is 6.07 Å². The average molecular weight is 285 g/mol. The van der Waals surface area contributed by atoms with Gasteiger partial charge in [0.1, 0.15) is 11.6 Å². The van der Waals surface area contributed by atoms with Gasteiger partial charge in [0.2, 0.25) is 0 Å². The molecule has 2 atom stereocenters. The van der Waals surface area contributed by atoms with E-state index < -0.39 is 17.7 Å². The van der Waals surface area contributed by atoms with Crippen LogP contribution in [0.2, 0.25) is 0 Å². The standard InChI is InChI=1S/C15H21F2NO2/c1-10(19)11-5-7-18(8-6-11)9-14(20)15-12(16)3-2-4-13(15)17/h2-4,10-11,14,19-20H,5-9H2,1H3. The second-order valence-corrected chi connectivity index (χ2v) is 5.53. The molecule has 1 aromatic carbocycles. The maximum Gasteiger partial charge on any atom is 0.131 e. The van der Waals surface area contributed by atoms with Crippen molar-refractivity contribution in [3.8, 4) is 0 Å². The minimum absolute atomic E-state index is 0.213. The molecule has 1 saturated heterocycles. The summed E-state index contributed by atoms with van der Waals surface area (Å²) in [6.45, 7) is 3.44. The molecule has 20 heavy (non-hydrogen) atoms. The van der Waals surface area contributed by atoms with Gasteiger partial charge in [0, 0.05) is 6.54 Å². The quantitative estimate of drug-likeness (QED) is 0.890. The topological polar surface area (TPSA) is 43.7 Å². The van der Waals surface area contributed by atoms with Crippen molar-refractivity contribution in [1.29, 1.82) is 0 Å². The first kappa shape index (κ1) is 15.4. The van der Waals surface area contributed by atoms with Crippen molar-refractivity contribution in [2.24, 2.45) is 5.92 Å². The van der Waals surface area contributed by atoms with Gasteiger partial charge >= 0.3 is 0 Å². The molecule has 1 aromatic rings. The first-order valence-electron chi connectivity index (χ1n) is 7.01. The van der Waals surface area contributed by atoms with Gasteiger partial charge in [0.25, 0.3) is 0 Å². The first-order chi connectivity index (χ1) is 9.49. The summed E-state index contributed by atoms with van der Waals surface area (Å²) in [6, 6.07) is 3.59. The largest absolute Gasteiger partial charge is 0.393 e. The lowest BCUT2D eigenvalue weighted by atomic mass is 9.92. The van der Waals surface area contributed by atoms with Gasteiger partial charge in [0.15, 0.2) is 0 Å². The highest BCUT2D eigenvalue weighted by atomic mass is 19.1.